The molecule has 2 atom stereocenters. The topological polar surface area (TPSA) is 72.9 Å². The summed E-state index contributed by atoms with van der Waals surface area (Å²) in [5, 5.41) is 7.81. The fourth-order valence-corrected chi connectivity index (χ4v) is 4.90. The number of benzene rings is 1. The summed E-state index contributed by atoms with van der Waals surface area (Å²) in [6, 6.07) is 10.4. The number of nitrogens with one attached hydrogen (secondary N) is 1. The first-order valence-electron chi connectivity index (χ1n) is 9.71. The van der Waals surface area contributed by atoms with Gasteiger partial charge in [-0.05, 0) is 81.7 Å². The molecule has 2 aliphatic rings. The van der Waals surface area contributed by atoms with E-state index in [0.29, 0.717) is 23.4 Å². The molecule has 2 saturated carbocycles. The minimum atomic E-state index is 0.0299. The Balaban J connectivity index is 1.48. The third kappa shape index (κ3) is 3.28. The van der Waals surface area contributed by atoms with Crippen molar-refractivity contribution in [3.8, 4) is 5.69 Å². The lowest BCUT2D eigenvalue weighted by atomic mass is 9.67. The lowest BCUT2D eigenvalue weighted by Crippen LogP contribution is -2.53. The Hall–Kier alpha value is -2.14. The predicted octanol–water partition coefficient (Wildman–Crippen LogP) is 3.12. The molecular formula is C21H28N4O. The molecule has 2 fully saturated rings. The van der Waals surface area contributed by atoms with Crippen LogP contribution in [0.5, 0.6) is 0 Å². The highest BCUT2D eigenvalue weighted by Gasteiger charge is 2.39. The van der Waals surface area contributed by atoms with Gasteiger partial charge in [0.1, 0.15) is 0 Å². The SMILES string of the molecule is Cc1cc(C)n(-c2ccc(C(=O)NC3C4CCCC3CC(N)C4)cc2)n1. The van der Waals surface area contributed by atoms with Crippen LogP contribution in [-0.4, -0.2) is 27.8 Å². The van der Waals surface area contributed by atoms with Crippen molar-refractivity contribution in [3.05, 3.63) is 47.3 Å². The second-order valence-corrected chi connectivity index (χ2v) is 8.07. The van der Waals surface area contributed by atoms with Crippen LogP contribution in [0.25, 0.3) is 5.69 Å². The van der Waals surface area contributed by atoms with Crippen molar-refractivity contribution in [1.29, 1.82) is 0 Å². The van der Waals surface area contributed by atoms with Crippen LogP contribution in [0, 0.1) is 25.7 Å². The molecule has 5 heteroatoms. The molecule has 0 spiro atoms. The van der Waals surface area contributed by atoms with Gasteiger partial charge in [0.05, 0.1) is 11.4 Å². The summed E-state index contributed by atoms with van der Waals surface area (Å²) in [5.41, 5.74) is 9.97. The predicted molar refractivity (Wildman–Crippen MR) is 102 cm³/mol. The fourth-order valence-electron chi connectivity index (χ4n) is 4.90. The standard InChI is InChI=1S/C21H28N4O/c1-13-10-14(2)25(24-13)19-8-6-15(7-9-19)21(26)23-20-16-4-3-5-17(20)12-18(22)11-16/h6-10,16-18,20H,3-5,11-12,22H2,1-2H3,(H,23,26). The van der Waals surface area contributed by atoms with Crippen molar-refractivity contribution in [1.82, 2.24) is 15.1 Å². The first kappa shape index (κ1) is 17.3. The molecule has 1 aromatic carbocycles. The third-order valence-electron chi connectivity index (χ3n) is 6.06. The number of carbonyl (C=O) groups excluding carboxylic acids is 1. The summed E-state index contributed by atoms with van der Waals surface area (Å²) in [6.07, 6.45) is 5.72. The smallest absolute Gasteiger partial charge is 0.251 e. The maximum absolute atomic E-state index is 12.8. The molecule has 1 aromatic heterocycles. The number of hydrogen-bond donors (Lipinski definition) is 2. The largest absolute Gasteiger partial charge is 0.349 e. The van der Waals surface area contributed by atoms with Gasteiger partial charge in [-0.25, -0.2) is 4.68 Å². The Morgan fingerprint density at radius 1 is 1.15 bits per heavy atom. The summed E-state index contributed by atoms with van der Waals surface area (Å²) in [5.74, 6) is 1.10. The Kier molecular flexibility index (Phi) is 4.57. The van der Waals surface area contributed by atoms with Crippen LogP contribution in [0.3, 0.4) is 0 Å². The number of hydrogen-bond acceptors (Lipinski definition) is 3. The van der Waals surface area contributed by atoms with E-state index < -0.39 is 0 Å². The van der Waals surface area contributed by atoms with Crippen molar-refractivity contribution < 1.29 is 4.79 Å². The van der Waals surface area contributed by atoms with Gasteiger partial charge in [0.25, 0.3) is 5.91 Å². The fraction of sp³-hybridized carbons (Fsp3) is 0.524. The number of nitrogens with two attached hydrogens (primary N) is 1. The molecule has 0 radical (unpaired) electrons. The zero-order valence-corrected chi connectivity index (χ0v) is 15.6. The lowest BCUT2D eigenvalue weighted by Gasteiger charge is -2.45. The molecule has 0 aliphatic heterocycles. The average molecular weight is 352 g/mol. The highest BCUT2D eigenvalue weighted by atomic mass is 16.1. The maximum Gasteiger partial charge on any atom is 0.251 e. The number of amides is 1. The van der Waals surface area contributed by atoms with E-state index >= 15 is 0 Å². The number of aromatic nitrogens is 2. The second kappa shape index (κ2) is 6.88. The molecule has 26 heavy (non-hydrogen) atoms. The minimum absolute atomic E-state index is 0.0299. The minimum Gasteiger partial charge on any atom is -0.349 e. The first-order valence-corrected chi connectivity index (χ1v) is 9.71. The van der Waals surface area contributed by atoms with E-state index in [2.05, 4.69) is 10.4 Å². The monoisotopic (exact) mass is 352 g/mol. The van der Waals surface area contributed by atoms with Crippen LogP contribution >= 0.6 is 0 Å². The van der Waals surface area contributed by atoms with E-state index in [4.69, 9.17) is 5.73 Å². The van der Waals surface area contributed by atoms with Gasteiger partial charge >= 0.3 is 0 Å². The van der Waals surface area contributed by atoms with Gasteiger partial charge < -0.3 is 11.1 Å². The van der Waals surface area contributed by atoms with Gasteiger partial charge in [-0.3, -0.25) is 4.79 Å². The molecule has 2 aromatic rings. The molecule has 2 unspecified atom stereocenters. The zero-order valence-electron chi connectivity index (χ0n) is 15.6. The molecule has 1 amide bonds. The summed E-state index contributed by atoms with van der Waals surface area (Å²) in [6.45, 7) is 4.02. The number of carbonyl (C=O) groups is 1. The van der Waals surface area contributed by atoms with Crippen LogP contribution in [-0.2, 0) is 0 Å². The summed E-state index contributed by atoms with van der Waals surface area (Å²) in [7, 11) is 0. The molecule has 2 bridgehead atoms. The van der Waals surface area contributed by atoms with E-state index in [1.54, 1.807) is 0 Å². The highest BCUT2D eigenvalue weighted by Crippen LogP contribution is 2.39. The average Bonchev–Trinajstić information content (AvgIpc) is 2.94. The van der Waals surface area contributed by atoms with E-state index in [1.807, 2.05) is 48.9 Å². The molecule has 4 rings (SSSR count). The molecule has 138 valence electrons. The van der Waals surface area contributed by atoms with Crippen LogP contribution in [0.2, 0.25) is 0 Å². The van der Waals surface area contributed by atoms with Crippen molar-refractivity contribution in [2.75, 3.05) is 0 Å². The van der Waals surface area contributed by atoms with Crippen molar-refractivity contribution >= 4 is 5.91 Å². The van der Waals surface area contributed by atoms with Gasteiger partial charge in [-0.1, -0.05) is 6.42 Å². The number of fused-ring (bicyclic) bond motifs is 2. The Bertz CT molecular complexity index is 781. The van der Waals surface area contributed by atoms with Crippen molar-refractivity contribution in [3.63, 3.8) is 0 Å². The highest BCUT2D eigenvalue weighted by molar-refractivity contribution is 5.94. The number of aryl methyl sites for hydroxylation is 2. The van der Waals surface area contributed by atoms with E-state index in [9.17, 15) is 4.79 Å². The first-order chi connectivity index (χ1) is 12.5. The van der Waals surface area contributed by atoms with Gasteiger partial charge in [-0.2, -0.15) is 5.10 Å². The molecule has 3 N–H and O–H groups in total. The van der Waals surface area contributed by atoms with Crippen molar-refractivity contribution in [2.24, 2.45) is 17.6 Å². The quantitative estimate of drug-likeness (QED) is 0.891. The summed E-state index contributed by atoms with van der Waals surface area (Å²) < 4.78 is 1.91. The number of nitrogens with zero attached hydrogens (tertiary/aromatic N) is 2. The summed E-state index contributed by atoms with van der Waals surface area (Å²) >= 11 is 0. The molecular weight excluding hydrogens is 324 g/mol. The Morgan fingerprint density at radius 3 is 2.38 bits per heavy atom. The molecule has 2 aliphatic carbocycles. The number of rotatable bonds is 3. The lowest BCUT2D eigenvalue weighted by molar-refractivity contribution is 0.0756. The van der Waals surface area contributed by atoms with Crippen molar-refractivity contribution in [2.45, 2.75) is 58.0 Å². The van der Waals surface area contributed by atoms with Gasteiger partial charge in [-0.15, -0.1) is 0 Å². The van der Waals surface area contributed by atoms with Gasteiger partial charge in [0, 0.05) is 23.3 Å². The van der Waals surface area contributed by atoms with Gasteiger partial charge in [0.15, 0.2) is 0 Å². The Labute approximate surface area is 155 Å². The second-order valence-electron chi connectivity index (χ2n) is 8.07. The van der Waals surface area contributed by atoms with E-state index in [0.717, 1.165) is 29.9 Å². The van der Waals surface area contributed by atoms with Gasteiger partial charge in [0.2, 0.25) is 0 Å². The molecule has 5 nitrogen and oxygen atoms in total. The molecule has 1 heterocycles. The van der Waals surface area contributed by atoms with E-state index in [-0.39, 0.29) is 11.9 Å². The molecule has 0 saturated heterocycles. The van der Waals surface area contributed by atoms with Crippen LogP contribution in [0.4, 0.5) is 0 Å². The summed E-state index contributed by atoms with van der Waals surface area (Å²) in [4.78, 5) is 12.8. The maximum atomic E-state index is 12.8. The van der Waals surface area contributed by atoms with Crippen LogP contribution in [0.1, 0.15) is 53.8 Å². The Morgan fingerprint density at radius 2 is 1.81 bits per heavy atom. The van der Waals surface area contributed by atoms with Crippen LogP contribution < -0.4 is 11.1 Å². The normalized spacial score (nSPS) is 28.0. The zero-order chi connectivity index (χ0) is 18.3. The van der Waals surface area contributed by atoms with E-state index in [1.165, 1.54) is 19.3 Å². The van der Waals surface area contributed by atoms with Crippen LogP contribution in [0.15, 0.2) is 30.3 Å². The third-order valence-corrected chi connectivity index (χ3v) is 6.06.